The molecule has 0 fully saturated rings. The van der Waals surface area contributed by atoms with Gasteiger partial charge in [0.25, 0.3) is 0 Å². The standard InChI is InChI=1S/C25H23NP.4ClH.Fe/c1-21-17-19-22(20-18-21)26-27(23-11-5-2-6-12-23,24-13-7-3-8-14-24)25-15-9-4-10-16-25;;;;;/h2-20,26H,1H3;4*1H;/q+1;;;;;+4/p-4. The monoisotopic (exact) mass is 564 g/mol. The van der Waals surface area contributed by atoms with Crippen molar-refractivity contribution < 1.29 is 9.20 Å². The van der Waals surface area contributed by atoms with Gasteiger partial charge in [0.2, 0.25) is 0 Å². The Bertz CT molecular complexity index is 987. The fourth-order valence-electron chi connectivity index (χ4n) is 3.42. The van der Waals surface area contributed by atoms with Crippen molar-refractivity contribution in [1.29, 1.82) is 0 Å². The van der Waals surface area contributed by atoms with Gasteiger partial charge in [-0.3, -0.25) is 0 Å². The Hall–Kier alpha value is -1.21. The van der Waals surface area contributed by atoms with Crippen molar-refractivity contribution in [3.05, 3.63) is 121 Å². The second-order valence-electron chi connectivity index (χ2n) is 6.96. The Morgan fingerprint density at radius 2 is 0.844 bits per heavy atom. The van der Waals surface area contributed by atoms with Crippen LogP contribution in [0.15, 0.2) is 115 Å². The molecule has 168 valence electrons. The number of nitrogens with one attached hydrogen (secondary N) is 1. The van der Waals surface area contributed by atoms with Crippen LogP contribution in [-0.4, -0.2) is 0 Å². The minimum atomic E-state index is -2.61. The van der Waals surface area contributed by atoms with Crippen LogP contribution in [0.1, 0.15) is 5.56 Å². The molecule has 0 radical (unpaired) electrons. The first kappa shape index (κ1) is 25.4. The molecule has 4 rings (SSSR count). The van der Waals surface area contributed by atoms with Gasteiger partial charge in [-0.05, 0) is 55.5 Å². The number of halogens is 4. The van der Waals surface area contributed by atoms with E-state index in [1.54, 1.807) is 0 Å². The zero-order valence-corrected chi connectivity index (χ0v) is 22.3. The molecule has 0 atom stereocenters. The summed E-state index contributed by atoms with van der Waals surface area (Å²) in [5.74, 6) is 0. The van der Waals surface area contributed by atoms with Crippen LogP contribution in [0.3, 0.4) is 0 Å². The molecule has 0 saturated carbocycles. The van der Waals surface area contributed by atoms with Crippen LogP contribution in [0, 0.1) is 6.92 Å². The molecule has 4 aromatic carbocycles. The van der Waals surface area contributed by atoms with Crippen molar-refractivity contribution in [2.75, 3.05) is 5.09 Å². The molecular formula is C25H23Cl4FeNP+. The van der Waals surface area contributed by atoms with Crippen LogP contribution in [0.5, 0.6) is 0 Å². The van der Waals surface area contributed by atoms with E-state index in [0.29, 0.717) is 0 Å². The predicted molar refractivity (Wildman–Crippen MR) is 143 cm³/mol. The summed E-state index contributed by atoms with van der Waals surface area (Å²) in [6, 6.07) is 41.2. The number of rotatable bonds is 5. The van der Waals surface area contributed by atoms with Gasteiger partial charge in [-0.1, -0.05) is 72.3 Å². The van der Waals surface area contributed by atoms with Gasteiger partial charge in [0.1, 0.15) is 15.9 Å². The van der Waals surface area contributed by atoms with Crippen molar-refractivity contribution in [2.45, 2.75) is 6.92 Å². The summed E-state index contributed by atoms with van der Waals surface area (Å²) in [6.45, 7) is 2.12. The average Bonchev–Trinajstić information content (AvgIpc) is 2.79. The topological polar surface area (TPSA) is 12.0 Å². The predicted octanol–water partition coefficient (Wildman–Crippen LogP) is 8.07. The Morgan fingerprint density at radius 1 is 0.531 bits per heavy atom. The van der Waals surface area contributed by atoms with E-state index in [1.165, 1.54) is 21.5 Å². The minimum absolute atomic E-state index is 1.14. The maximum atomic E-state index is 4.95. The third-order valence-electron chi connectivity index (χ3n) is 4.78. The Labute approximate surface area is 210 Å². The van der Waals surface area contributed by atoms with Gasteiger partial charge in [-0.15, -0.1) is 0 Å². The van der Waals surface area contributed by atoms with Gasteiger partial charge >= 0.3 is 49.6 Å². The summed E-state index contributed by atoms with van der Waals surface area (Å²) in [6.07, 6.45) is 0. The van der Waals surface area contributed by atoms with E-state index in [4.69, 9.17) is 40.4 Å². The molecule has 0 bridgehead atoms. The zero-order chi connectivity index (χ0) is 23.0. The van der Waals surface area contributed by atoms with Crippen LogP contribution in [0.2, 0.25) is 0 Å². The van der Waals surface area contributed by atoms with E-state index in [1.807, 2.05) is 0 Å². The van der Waals surface area contributed by atoms with Crippen LogP contribution >= 0.6 is 47.8 Å². The van der Waals surface area contributed by atoms with Crippen LogP contribution < -0.4 is 21.0 Å². The van der Waals surface area contributed by atoms with E-state index in [0.717, 1.165) is 5.69 Å². The molecule has 0 aliphatic heterocycles. The second-order valence-corrected chi connectivity index (χ2v) is 21.0. The summed E-state index contributed by atoms with van der Waals surface area (Å²) < 4.78 is 0. The maximum absolute atomic E-state index is 4.95. The van der Waals surface area contributed by atoms with Crippen LogP contribution in [0.4, 0.5) is 5.69 Å². The number of hydrogen-bond acceptors (Lipinski definition) is 1. The molecule has 0 amide bonds. The first-order valence-electron chi connectivity index (χ1n) is 9.73. The molecular weight excluding hydrogens is 543 g/mol. The van der Waals surface area contributed by atoms with Gasteiger partial charge in [0, 0.05) is 0 Å². The molecule has 0 unspecified atom stereocenters. The molecule has 32 heavy (non-hydrogen) atoms. The summed E-state index contributed by atoms with van der Waals surface area (Å²) in [5.41, 5.74) is 2.41. The van der Waals surface area contributed by atoms with Crippen molar-refractivity contribution in [1.82, 2.24) is 0 Å². The summed E-state index contributed by atoms with van der Waals surface area (Å²) in [4.78, 5) is 0. The summed E-state index contributed by atoms with van der Waals surface area (Å²) >= 11 is 0. The zero-order valence-electron chi connectivity index (χ0n) is 17.3. The molecule has 0 saturated heterocycles. The quantitative estimate of drug-likeness (QED) is 0.190. The molecule has 0 aliphatic rings. The van der Waals surface area contributed by atoms with E-state index in [2.05, 4.69) is 127 Å². The third-order valence-corrected chi connectivity index (χ3v) is 8.59. The number of anilines is 1. The third kappa shape index (κ3) is 7.14. The van der Waals surface area contributed by atoms with E-state index in [-0.39, 0.29) is 0 Å². The Morgan fingerprint density at radius 3 is 1.16 bits per heavy atom. The van der Waals surface area contributed by atoms with Gasteiger partial charge in [0.15, 0.2) is 7.41 Å². The molecule has 0 aromatic heterocycles. The summed E-state index contributed by atoms with van der Waals surface area (Å²) in [7, 11) is 15.2. The average molecular weight is 566 g/mol. The van der Waals surface area contributed by atoms with Crippen LogP contribution in [0.25, 0.3) is 0 Å². The molecule has 1 N–H and O–H groups in total. The molecule has 0 heterocycles. The van der Waals surface area contributed by atoms with Gasteiger partial charge < -0.3 is 0 Å². The SMILES string of the molecule is Cc1ccc(N[P+](c2ccccc2)(c2ccccc2)c2ccccc2)cc1.[Cl][Fe]([Cl])([Cl])[Cl]. The van der Waals surface area contributed by atoms with E-state index in [9.17, 15) is 0 Å². The Balaban J connectivity index is 0.000000523. The fourth-order valence-corrected chi connectivity index (χ4v) is 7.09. The first-order valence-corrected chi connectivity index (χ1v) is 17.6. The van der Waals surface area contributed by atoms with Crippen molar-refractivity contribution in [2.24, 2.45) is 0 Å². The molecule has 7 heteroatoms. The van der Waals surface area contributed by atoms with Crippen molar-refractivity contribution in [3.63, 3.8) is 0 Å². The second kappa shape index (κ2) is 11.8. The van der Waals surface area contributed by atoms with E-state index >= 15 is 0 Å². The molecule has 0 spiro atoms. The van der Waals surface area contributed by atoms with Gasteiger partial charge in [-0.25, -0.2) is 5.09 Å². The van der Waals surface area contributed by atoms with Gasteiger partial charge in [-0.2, -0.15) is 0 Å². The van der Waals surface area contributed by atoms with Crippen molar-refractivity contribution in [3.8, 4) is 0 Å². The summed E-state index contributed by atoms with van der Waals surface area (Å²) in [5, 5.41) is 7.95. The van der Waals surface area contributed by atoms with Crippen LogP contribution in [-0.2, 0) is 9.20 Å². The van der Waals surface area contributed by atoms with Gasteiger partial charge in [0.05, 0.1) is 5.69 Å². The first-order chi connectivity index (χ1) is 15.3. The number of hydrogen-bond donors (Lipinski definition) is 1. The number of aryl methyl sites for hydroxylation is 1. The molecule has 0 aliphatic carbocycles. The molecule has 1 nitrogen and oxygen atoms in total. The Kier molecular flexibility index (Phi) is 9.35. The normalized spacial score (nSPS) is 11.8. The van der Waals surface area contributed by atoms with E-state index < -0.39 is 16.6 Å². The number of benzene rings is 4. The fraction of sp³-hybridized carbons (Fsp3) is 0.0400. The van der Waals surface area contributed by atoms with Crippen molar-refractivity contribution >= 4 is 69.4 Å². The molecule has 4 aromatic rings.